The Kier molecular flexibility index (Phi) is 4.83. The maximum Gasteiger partial charge on any atom is 0.270 e. The first-order valence-electron chi connectivity index (χ1n) is 7.62. The smallest absolute Gasteiger partial charge is 0.270 e. The van der Waals surface area contributed by atoms with Gasteiger partial charge >= 0.3 is 0 Å². The van der Waals surface area contributed by atoms with E-state index >= 15 is 0 Å². The Morgan fingerprint density at radius 1 is 1.13 bits per heavy atom. The minimum Gasteiger partial charge on any atom is -0.339 e. The highest BCUT2D eigenvalue weighted by Gasteiger charge is 2.19. The number of aryl methyl sites for hydroxylation is 1. The molecule has 3 nitrogen and oxygen atoms in total. The maximum atomic E-state index is 12.5. The molecule has 1 N–H and O–H groups in total. The third kappa shape index (κ3) is 3.66. The molecule has 0 saturated heterocycles. The van der Waals surface area contributed by atoms with Gasteiger partial charge in [0.15, 0.2) is 0 Å². The summed E-state index contributed by atoms with van der Waals surface area (Å²) in [6, 6.07) is 17.6. The Morgan fingerprint density at radius 3 is 2.57 bits per heavy atom. The molecule has 0 saturated carbocycles. The van der Waals surface area contributed by atoms with Gasteiger partial charge in [0.25, 0.3) is 5.91 Å². The molecule has 0 radical (unpaired) electrons. The first kappa shape index (κ1) is 15.4. The van der Waals surface area contributed by atoms with Crippen LogP contribution in [0.3, 0.4) is 0 Å². The molecule has 0 aliphatic heterocycles. The molecule has 0 aliphatic carbocycles. The van der Waals surface area contributed by atoms with Crippen molar-refractivity contribution >= 4 is 17.2 Å². The summed E-state index contributed by atoms with van der Waals surface area (Å²) in [6.45, 7) is 2.13. The molecule has 3 rings (SSSR count). The van der Waals surface area contributed by atoms with Crippen molar-refractivity contribution in [3.05, 3.63) is 87.9 Å². The number of benzene rings is 1. The van der Waals surface area contributed by atoms with Crippen LogP contribution in [0, 0.1) is 0 Å². The van der Waals surface area contributed by atoms with Gasteiger partial charge in [-0.1, -0.05) is 43.3 Å². The summed E-state index contributed by atoms with van der Waals surface area (Å²) in [5.41, 5.74) is 2.79. The predicted octanol–water partition coefficient (Wildman–Crippen LogP) is 4.22. The fourth-order valence-corrected chi connectivity index (χ4v) is 3.22. The second-order valence-electron chi connectivity index (χ2n) is 5.23. The molecule has 3 aromatic rings. The lowest BCUT2D eigenvalue weighted by Gasteiger charge is -2.18. The van der Waals surface area contributed by atoms with Crippen LogP contribution in [-0.2, 0) is 6.42 Å². The number of pyridine rings is 1. The predicted molar refractivity (Wildman–Crippen MR) is 93.7 cm³/mol. The fourth-order valence-electron chi connectivity index (χ4n) is 2.42. The van der Waals surface area contributed by atoms with Crippen LogP contribution in [0.1, 0.15) is 39.5 Å². The average Bonchev–Trinajstić information content (AvgIpc) is 3.15. The van der Waals surface area contributed by atoms with Crippen LogP contribution in [0.25, 0.3) is 0 Å². The molecule has 2 aromatic heterocycles. The number of thiophene rings is 1. The molecule has 23 heavy (non-hydrogen) atoms. The van der Waals surface area contributed by atoms with Gasteiger partial charge in [0.2, 0.25) is 0 Å². The third-order valence-electron chi connectivity index (χ3n) is 3.72. The average molecular weight is 322 g/mol. The molecule has 1 aromatic carbocycles. The summed E-state index contributed by atoms with van der Waals surface area (Å²) in [4.78, 5) is 17.7. The van der Waals surface area contributed by atoms with Gasteiger partial charge in [-0.2, -0.15) is 0 Å². The molecule has 0 fully saturated rings. The highest BCUT2D eigenvalue weighted by Crippen LogP contribution is 2.26. The maximum absolute atomic E-state index is 12.5. The first-order valence-corrected chi connectivity index (χ1v) is 8.50. The normalized spacial score (nSPS) is 11.9. The molecule has 2 heterocycles. The second-order valence-corrected chi connectivity index (χ2v) is 6.21. The molecule has 4 heteroatoms. The van der Waals surface area contributed by atoms with Crippen molar-refractivity contribution in [3.63, 3.8) is 0 Å². The van der Waals surface area contributed by atoms with E-state index in [1.165, 1.54) is 5.56 Å². The van der Waals surface area contributed by atoms with Crippen LogP contribution in [0.15, 0.2) is 66.2 Å². The van der Waals surface area contributed by atoms with E-state index in [0.717, 1.165) is 16.9 Å². The molecule has 116 valence electrons. The molecule has 1 amide bonds. The van der Waals surface area contributed by atoms with Gasteiger partial charge in [-0.25, -0.2) is 0 Å². The number of hydrogen-bond acceptors (Lipinski definition) is 3. The van der Waals surface area contributed by atoms with E-state index in [1.54, 1.807) is 29.7 Å². The van der Waals surface area contributed by atoms with Gasteiger partial charge in [-0.05, 0) is 41.1 Å². The zero-order valence-corrected chi connectivity index (χ0v) is 13.7. The summed E-state index contributed by atoms with van der Waals surface area (Å²) >= 11 is 1.64. The van der Waals surface area contributed by atoms with E-state index in [-0.39, 0.29) is 11.9 Å². The van der Waals surface area contributed by atoms with Crippen molar-refractivity contribution in [1.29, 1.82) is 0 Å². The van der Waals surface area contributed by atoms with Gasteiger partial charge in [0.1, 0.15) is 5.69 Å². The Labute approximate surface area is 140 Å². The van der Waals surface area contributed by atoms with Crippen molar-refractivity contribution in [1.82, 2.24) is 10.3 Å². The lowest BCUT2D eigenvalue weighted by Crippen LogP contribution is -2.29. The Hall–Kier alpha value is -2.46. The third-order valence-corrected chi connectivity index (χ3v) is 4.66. The van der Waals surface area contributed by atoms with Crippen molar-refractivity contribution in [2.24, 2.45) is 0 Å². The van der Waals surface area contributed by atoms with E-state index in [9.17, 15) is 4.79 Å². The van der Waals surface area contributed by atoms with Crippen molar-refractivity contribution in [2.45, 2.75) is 19.4 Å². The zero-order chi connectivity index (χ0) is 16.1. The first-order chi connectivity index (χ1) is 11.3. The number of carbonyl (C=O) groups excluding carboxylic acids is 1. The zero-order valence-electron chi connectivity index (χ0n) is 12.9. The summed E-state index contributed by atoms with van der Waals surface area (Å²) in [7, 11) is 0. The summed E-state index contributed by atoms with van der Waals surface area (Å²) < 4.78 is 0. The molecule has 0 aliphatic rings. The van der Waals surface area contributed by atoms with Gasteiger partial charge in [0, 0.05) is 11.1 Å². The second kappa shape index (κ2) is 7.20. The number of amides is 1. The van der Waals surface area contributed by atoms with E-state index in [0.29, 0.717) is 5.69 Å². The highest BCUT2D eigenvalue weighted by molar-refractivity contribution is 7.10. The largest absolute Gasteiger partial charge is 0.339 e. The van der Waals surface area contributed by atoms with E-state index in [1.807, 2.05) is 23.6 Å². The van der Waals surface area contributed by atoms with Crippen molar-refractivity contribution in [3.8, 4) is 0 Å². The van der Waals surface area contributed by atoms with Crippen molar-refractivity contribution < 1.29 is 4.79 Å². The minimum atomic E-state index is -0.163. The standard InChI is InChI=1S/C19H18N2OS/c1-2-14-8-10-15(11-9-14)18(17-7-5-13-23-17)21-19(22)16-6-3-4-12-20-16/h3-13,18H,2H2,1H3,(H,21,22)/t18-/m0/s1. The van der Waals surface area contributed by atoms with Crippen LogP contribution in [0.4, 0.5) is 0 Å². The Bertz CT molecular complexity index is 752. The monoisotopic (exact) mass is 322 g/mol. The van der Waals surface area contributed by atoms with E-state index in [2.05, 4.69) is 41.5 Å². The topological polar surface area (TPSA) is 42.0 Å². The van der Waals surface area contributed by atoms with Crippen LogP contribution in [0.5, 0.6) is 0 Å². The van der Waals surface area contributed by atoms with Gasteiger partial charge < -0.3 is 5.32 Å². The van der Waals surface area contributed by atoms with Crippen LogP contribution < -0.4 is 5.32 Å². The number of carbonyl (C=O) groups is 1. The minimum absolute atomic E-state index is 0.157. The summed E-state index contributed by atoms with van der Waals surface area (Å²) in [5, 5.41) is 5.12. The molecular formula is C19H18N2OS. The Morgan fingerprint density at radius 2 is 1.96 bits per heavy atom. The number of aromatic nitrogens is 1. The van der Waals surface area contributed by atoms with E-state index < -0.39 is 0 Å². The highest BCUT2D eigenvalue weighted by atomic mass is 32.1. The van der Waals surface area contributed by atoms with Crippen molar-refractivity contribution in [2.75, 3.05) is 0 Å². The molecule has 0 bridgehead atoms. The molecule has 0 unspecified atom stereocenters. The fraction of sp³-hybridized carbons (Fsp3) is 0.158. The van der Waals surface area contributed by atoms with Gasteiger partial charge in [-0.3, -0.25) is 9.78 Å². The summed E-state index contributed by atoms with van der Waals surface area (Å²) in [5.74, 6) is -0.163. The number of nitrogens with one attached hydrogen (secondary N) is 1. The van der Waals surface area contributed by atoms with Crippen LogP contribution in [0.2, 0.25) is 0 Å². The van der Waals surface area contributed by atoms with Crippen LogP contribution in [-0.4, -0.2) is 10.9 Å². The SMILES string of the molecule is CCc1ccc([C@H](NC(=O)c2ccccn2)c2cccs2)cc1. The molecular weight excluding hydrogens is 304 g/mol. The van der Waals surface area contributed by atoms with Gasteiger partial charge in [0.05, 0.1) is 6.04 Å². The summed E-state index contributed by atoms with van der Waals surface area (Å²) in [6.07, 6.45) is 2.63. The van der Waals surface area contributed by atoms with Crippen LogP contribution >= 0.6 is 11.3 Å². The molecule has 1 atom stereocenters. The Balaban J connectivity index is 1.88. The van der Waals surface area contributed by atoms with Gasteiger partial charge in [-0.15, -0.1) is 11.3 Å². The lowest BCUT2D eigenvalue weighted by atomic mass is 10.0. The number of hydrogen-bond donors (Lipinski definition) is 1. The lowest BCUT2D eigenvalue weighted by molar-refractivity contribution is 0.0938. The number of rotatable bonds is 5. The quantitative estimate of drug-likeness (QED) is 0.764. The molecule has 0 spiro atoms. The van der Waals surface area contributed by atoms with E-state index in [4.69, 9.17) is 0 Å². The number of nitrogens with zero attached hydrogens (tertiary/aromatic N) is 1.